The van der Waals surface area contributed by atoms with Gasteiger partial charge in [0.25, 0.3) is 5.91 Å². The summed E-state index contributed by atoms with van der Waals surface area (Å²) in [7, 11) is 0. The van der Waals surface area contributed by atoms with Gasteiger partial charge in [-0.3, -0.25) is 15.3 Å². The minimum Gasteiger partial charge on any atom is -0.390 e. The molecule has 3 N–H and O–H groups in total. The number of nitrogens with one attached hydrogen (secondary N) is 2. The Labute approximate surface area is 100.0 Å². The normalized spacial score (nSPS) is 17.1. The Morgan fingerprint density at radius 1 is 1.47 bits per heavy atom. The molecule has 17 heavy (non-hydrogen) atoms. The molecule has 0 aromatic carbocycles. The number of nitrogens with zero attached hydrogens (tertiary/aromatic N) is 2. The number of hydrogen-bond donors (Lipinski definition) is 3. The van der Waals surface area contributed by atoms with Gasteiger partial charge in [0, 0.05) is 18.8 Å². The van der Waals surface area contributed by atoms with Crippen molar-refractivity contribution in [3.8, 4) is 0 Å². The maximum atomic E-state index is 12.1. The number of aliphatic hydroxyl groups excluding tert-OH is 1. The number of H-pyrrole nitrogens is 1. The molecule has 0 unspecified atom stereocenters. The lowest BCUT2D eigenvalue weighted by Crippen LogP contribution is -2.45. The monoisotopic (exact) mass is 238 g/mol. The molecule has 1 aromatic rings. The number of aliphatic hydroxyl groups is 1. The maximum absolute atomic E-state index is 12.1. The average Bonchev–Trinajstić information content (AvgIpc) is 2.71. The van der Waals surface area contributed by atoms with Crippen molar-refractivity contribution in [3.63, 3.8) is 0 Å². The van der Waals surface area contributed by atoms with Crippen LogP contribution in [0.5, 0.6) is 0 Å². The van der Waals surface area contributed by atoms with Crippen molar-refractivity contribution in [3.05, 3.63) is 17.0 Å². The van der Waals surface area contributed by atoms with Gasteiger partial charge in [0.15, 0.2) is 0 Å². The Balaban J connectivity index is 2.05. The second-order valence-electron chi connectivity index (χ2n) is 4.32. The smallest absolute Gasteiger partial charge is 0.269 e. The molecule has 0 bridgehead atoms. The summed E-state index contributed by atoms with van der Waals surface area (Å²) in [5.74, 6) is -0.192. The first-order valence-electron chi connectivity index (χ1n) is 5.93. The van der Waals surface area contributed by atoms with E-state index in [9.17, 15) is 4.79 Å². The molecule has 2 rings (SSSR count). The van der Waals surface area contributed by atoms with Crippen molar-refractivity contribution in [1.29, 1.82) is 0 Å². The summed E-state index contributed by atoms with van der Waals surface area (Å²) in [6.07, 6.45) is 3.44. The molecule has 1 aliphatic heterocycles. The van der Waals surface area contributed by atoms with Crippen LogP contribution < -0.4 is 5.43 Å². The van der Waals surface area contributed by atoms with E-state index in [4.69, 9.17) is 5.11 Å². The molecule has 1 aliphatic rings. The molecule has 94 valence electrons. The lowest BCUT2D eigenvalue weighted by Gasteiger charge is -2.26. The minimum atomic E-state index is -0.229. The third-order valence-corrected chi connectivity index (χ3v) is 3.01. The highest BCUT2D eigenvalue weighted by Crippen LogP contribution is 2.12. The number of piperidine rings is 1. The summed E-state index contributed by atoms with van der Waals surface area (Å²) in [5.41, 5.74) is 4.40. The largest absolute Gasteiger partial charge is 0.390 e. The molecule has 6 nitrogen and oxygen atoms in total. The molecule has 0 aliphatic carbocycles. The Hall–Kier alpha value is -1.40. The topological polar surface area (TPSA) is 81.2 Å². The zero-order valence-electron chi connectivity index (χ0n) is 9.99. The number of aromatic nitrogens is 2. The average molecular weight is 238 g/mol. The van der Waals surface area contributed by atoms with Crippen LogP contribution in [0.4, 0.5) is 0 Å². The van der Waals surface area contributed by atoms with Crippen molar-refractivity contribution in [2.75, 3.05) is 13.1 Å². The summed E-state index contributed by atoms with van der Waals surface area (Å²) in [5, 5.41) is 17.7. The van der Waals surface area contributed by atoms with E-state index in [1.807, 2.05) is 5.01 Å². The van der Waals surface area contributed by atoms with Crippen LogP contribution in [0.3, 0.4) is 0 Å². The number of carbonyl (C=O) groups excluding carboxylic acids is 1. The molecule has 2 heterocycles. The molecule has 6 heteroatoms. The van der Waals surface area contributed by atoms with Crippen LogP contribution in [0, 0.1) is 6.92 Å². The quantitative estimate of drug-likeness (QED) is 0.709. The van der Waals surface area contributed by atoms with Crippen LogP contribution in [0.1, 0.15) is 41.0 Å². The second-order valence-corrected chi connectivity index (χ2v) is 4.32. The van der Waals surface area contributed by atoms with Crippen LogP contribution in [-0.2, 0) is 6.61 Å². The fraction of sp³-hybridized carbons (Fsp3) is 0.636. The number of amides is 1. The van der Waals surface area contributed by atoms with Gasteiger partial charge >= 0.3 is 0 Å². The number of hydrazine groups is 1. The number of rotatable bonds is 3. The zero-order chi connectivity index (χ0) is 12.3. The van der Waals surface area contributed by atoms with Crippen molar-refractivity contribution in [2.24, 2.45) is 0 Å². The van der Waals surface area contributed by atoms with Gasteiger partial charge in [-0.15, -0.1) is 0 Å². The van der Waals surface area contributed by atoms with E-state index in [1.54, 1.807) is 6.92 Å². The fourth-order valence-corrected chi connectivity index (χ4v) is 2.10. The lowest BCUT2D eigenvalue weighted by atomic mass is 10.1. The van der Waals surface area contributed by atoms with Crippen LogP contribution in [0.15, 0.2) is 0 Å². The van der Waals surface area contributed by atoms with Crippen molar-refractivity contribution in [2.45, 2.75) is 32.8 Å². The number of carbonyl (C=O) groups is 1. The fourth-order valence-electron chi connectivity index (χ4n) is 2.10. The van der Waals surface area contributed by atoms with Gasteiger partial charge in [0.05, 0.1) is 12.2 Å². The summed E-state index contributed by atoms with van der Waals surface area (Å²) in [6.45, 7) is 3.32. The molecule has 1 saturated heterocycles. The van der Waals surface area contributed by atoms with Crippen molar-refractivity contribution < 1.29 is 9.90 Å². The van der Waals surface area contributed by atoms with Gasteiger partial charge in [-0.05, 0) is 19.8 Å². The molecule has 1 aromatic heterocycles. The van der Waals surface area contributed by atoms with E-state index in [0.717, 1.165) is 25.9 Å². The SMILES string of the molecule is Cc1[nH]nc(CO)c1C(=O)NN1CCCCC1. The molecule has 0 radical (unpaired) electrons. The zero-order valence-corrected chi connectivity index (χ0v) is 9.99. The first kappa shape index (κ1) is 12.1. The van der Waals surface area contributed by atoms with Crippen LogP contribution in [0.2, 0.25) is 0 Å². The van der Waals surface area contributed by atoms with Crippen LogP contribution >= 0.6 is 0 Å². The van der Waals surface area contributed by atoms with Gasteiger partial charge in [0.1, 0.15) is 5.69 Å². The van der Waals surface area contributed by atoms with E-state index in [-0.39, 0.29) is 12.5 Å². The third kappa shape index (κ3) is 2.65. The standard InChI is InChI=1S/C11H18N4O2/c1-8-10(9(7-16)13-12-8)11(17)14-15-5-3-2-4-6-15/h16H,2-7H2,1H3,(H,12,13)(H,14,17). The Morgan fingerprint density at radius 2 is 2.18 bits per heavy atom. The number of aryl methyl sites for hydroxylation is 1. The summed E-state index contributed by atoms with van der Waals surface area (Å²) in [4.78, 5) is 12.1. The minimum absolute atomic E-state index is 0.192. The van der Waals surface area contributed by atoms with Gasteiger partial charge in [-0.2, -0.15) is 5.10 Å². The molecular weight excluding hydrogens is 220 g/mol. The van der Waals surface area contributed by atoms with Gasteiger partial charge < -0.3 is 5.11 Å². The Kier molecular flexibility index (Phi) is 3.75. The molecule has 0 saturated carbocycles. The van der Waals surface area contributed by atoms with Gasteiger partial charge in [-0.25, -0.2) is 5.01 Å². The summed E-state index contributed by atoms with van der Waals surface area (Å²) in [6, 6.07) is 0. The van der Waals surface area contributed by atoms with Crippen LogP contribution in [0.25, 0.3) is 0 Å². The van der Waals surface area contributed by atoms with Crippen molar-refractivity contribution >= 4 is 5.91 Å². The predicted octanol–water partition coefficient (Wildman–Crippen LogP) is 0.341. The highest BCUT2D eigenvalue weighted by Gasteiger charge is 2.20. The molecule has 1 fully saturated rings. The molecule has 0 atom stereocenters. The highest BCUT2D eigenvalue weighted by molar-refractivity contribution is 5.96. The predicted molar refractivity (Wildman–Crippen MR) is 62.1 cm³/mol. The van der Waals surface area contributed by atoms with E-state index < -0.39 is 0 Å². The van der Waals surface area contributed by atoms with E-state index in [1.165, 1.54) is 6.42 Å². The molecular formula is C11H18N4O2. The second kappa shape index (κ2) is 5.29. The highest BCUT2D eigenvalue weighted by atomic mass is 16.3. The van der Waals surface area contributed by atoms with Gasteiger partial charge in [-0.1, -0.05) is 6.42 Å². The first-order chi connectivity index (χ1) is 8.22. The summed E-state index contributed by atoms with van der Waals surface area (Å²) >= 11 is 0. The van der Waals surface area contributed by atoms with Crippen LogP contribution in [-0.4, -0.2) is 39.3 Å². The van der Waals surface area contributed by atoms with E-state index in [2.05, 4.69) is 15.6 Å². The summed E-state index contributed by atoms with van der Waals surface area (Å²) < 4.78 is 0. The lowest BCUT2D eigenvalue weighted by molar-refractivity contribution is 0.0746. The Bertz CT molecular complexity index is 396. The Morgan fingerprint density at radius 3 is 2.82 bits per heavy atom. The first-order valence-corrected chi connectivity index (χ1v) is 5.93. The number of aromatic amines is 1. The van der Waals surface area contributed by atoms with E-state index in [0.29, 0.717) is 17.0 Å². The maximum Gasteiger partial charge on any atom is 0.269 e. The molecule has 0 spiro atoms. The van der Waals surface area contributed by atoms with Crippen molar-refractivity contribution in [1.82, 2.24) is 20.6 Å². The number of hydrogen-bond acceptors (Lipinski definition) is 4. The van der Waals surface area contributed by atoms with E-state index >= 15 is 0 Å². The molecule has 1 amide bonds. The third-order valence-electron chi connectivity index (χ3n) is 3.01. The van der Waals surface area contributed by atoms with Gasteiger partial charge in [0.2, 0.25) is 0 Å².